The van der Waals surface area contributed by atoms with Crippen LogP contribution in [0.4, 0.5) is 0 Å². The summed E-state index contributed by atoms with van der Waals surface area (Å²) in [5.74, 6) is -0.376. The fourth-order valence-electron chi connectivity index (χ4n) is 3.85. The minimum atomic E-state index is -0.659. The van der Waals surface area contributed by atoms with Crippen molar-refractivity contribution in [3.63, 3.8) is 0 Å². The smallest absolute Gasteiger partial charge is 0.338 e. The molecule has 1 aromatic carbocycles. The number of carbonyl (C=O) groups excluding carboxylic acids is 1. The molecule has 1 N–H and O–H groups in total. The largest absolute Gasteiger partial charge is 0.453 e. The van der Waals surface area contributed by atoms with Crippen LogP contribution in [-0.2, 0) is 36.5 Å². The van der Waals surface area contributed by atoms with E-state index < -0.39 is 24.4 Å². The third kappa shape index (κ3) is 3.25. The molecule has 7 heteroatoms. The van der Waals surface area contributed by atoms with Gasteiger partial charge in [0.05, 0.1) is 44.2 Å². The van der Waals surface area contributed by atoms with Gasteiger partial charge in [-0.15, -0.1) is 0 Å². The number of rotatable bonds is 6. The summed E-state index contributed by atoms with van der Waals surface area (Å²) in [5.41, 5.74) is 2.67. The summed E-state index contributed by atoms with van der Waals surface area (Å²) < 4.78 is 27.5. The molecule has 4 aliphatic rings. The maximum absolute atomic E-state index is 12.9. The molecule has 0 aromatic heterocycles. The summed E-state index contributed by atoms with van der Waals surface area (Å²) in [4.78, 5) is 12.9. The number of hydrogen-bond donors (Lipinski definition) is 1. The molecule has 2 unspecified atom stereocenters. The van der Waals surface area contributed by atoms with Crippen LogP contribution in [-0.4, -0.2) is 74.1 Å². The Hall–Kier alpha value is -1.51. The van der Waals surface area contributed by atoms with Gasteiger partial charge < -0.3 is 28.8 Å². The quantitative estimate of drug-likeness (QED) is 0.573. The number of aliphatic hydroxyl groups excluding tert-OH is 1. The number of hydrogen-bond acceptors (Lipinski definition) is 7. The highest BCUT2D eigenvalue weighted by Gasteiger charge is 2.49. The van der Waals surface area contributed by atoms with Crippen molar-refractivity contribution in [3.8, 4) is 0 Å². The summed E-state index contributed by atoms with van der Waals surface area (Å²) in [6.45, 7) is 1.96. The molecule has 4 fully saturated rings. The van der Waals surface area contributed by atoms with Gasteiger partial charge in [0.25, 0.3) is 0 Å². The fourth-order valence-corrected chi connectivity index (χ4v) is 3.85. The number of aliphatic hydroxyl groups is 1. The van der Waals surface area contributed by atoms with Crippen molar-refractivity contribution in [1.29, 1.82) is 0 Å². The molecule has 0 spiro atoms. The van der Waals surface area contributed by atoms with Crippen molar-refractivity contribution in [2.75, 3.05) is 26.4 Å². The van der Waals surface area contributed by atoms with Crippen LogP contribution >= 0.6 is 0 Å². The van der Waals surface area contributed by atoms with Gasteiger partial charge in [-0.05, 0) is 17.2 Å². The second-order valence-electron chi connectivity index (χ2n) is 7.37. The topological polar surface area (TPSA) is 90.1 Å². The van der Waals surface area contributed by atoms with E-state index >= 15 is 0 Å². The minimum Gasteiger partial charge on any atom is -0.453 e. The van der Waals surface area contributed by atoms with E-state index in [1.165, 1.54) is 0 Å². The monoisotopic (exact) mass is 362 g/mol. The van der Waals surface area contributed by atoms with Gasteiger partial charge in [-0.3, -0.25) is 0 Å². The third-order valence-electron chi connectivity index (χ3n) is 5.42. The summed E-state index contributed by atoms with van der Waals surface area (Å²) in [7, 11) is 0. The molecule has 5 rings (SSSR count). The second kappa shape index (κ2) is 6.58. The first kappa shape index (κ1) is 16.6. The molecule has 1 aromatic rings. The van der Waals surface area contributed by atoms with Gasteiger partial charge in [0.15, 0.2) is 6.10 Å². The average Bonchev–Trinajstić information content (AvgIpc) is 3.54. The first-order chi connectivity index (χ1) is 12.7. The van der Waals surface area contributed by atoms with E-state index in [0.29, 0.717) is 12.0 Å². The van der Waals surface area contributed by atoms with E-state index in [2.05, 4.69) is 0 Å². The Kier molecular flexibility index (Phi) is 4.21. The SMILES string of the molecule is O=C(O[C@H]1CO[C@H]2[C@@H]1OC[C@H]2O)c1cccc(CC2CO2)c1CC1CO1. The van der Waals surface area contributed by atoms with Crippen molar-refractivity contribution in [2.45, 2.75) is 49.5 Å². The van der Waals surface area contributed by atoms with E-state index in [9.17, 15) is 9.90 Å². The van der Waals surface area contributed by atoms with Crippen LogP contribution in [0.3, 0.4) is 0 Å². The van der Waals surface area contributed by atoms with Gasteiger partial charge in [-0.1, -0.05) is 12.1 Å². The van der Waals surface area contributed by atoms with Crippen molar-refractivity contribution < 1.29 is 33.6 Å². The van der Waals surface area contributed by atoms with Crippen LogP contribution in [0.5, 0.6) is 0 Å². The summed E-state index contributed by atoms with van der Waals surface area (Å²) in [5, 5.41) is 9.83. The van der Waals surface area contributed by atoms with Gasteiger partial charge in [-0.25, -0.2) is 4.79 Å². The van der Waals surface area contributed by atoms with E-state index in [1.54, 1.807) is 6.07 Å². The standard InChI is InChI=1S/C19H22O7/c20-15-8-24-18-16(9-25-17(15)18)26-19(21)13-3-1-2-10(4-11-6-22-11)14(13)5-12-7-23-12/h1-3,11-12,15-18,20H,4-9H2/t11?,12?,15-,16+,17-,18-/m1/s1. The molecule has 0 saturated carbocycles. The normalized spacial score (nSPS) is 37.4. The van der Waals surface area contributed by atoms with Gasteiger partial charge in [-0.2, -0.15) is 0 Å². The maximum atomic E-state index is 12.9. The molecule has 0 radical (unpaired) electrons. The molecule has 4 saturated heterocycles. The van der Waals surface area contributed by atoms with E-state index in [-0.39, 0.29) is 31.4 Å². The Bertz CT molecular complexity index is 697. The highest BCUT2D eigenvalue weighted by Crippen LogP contribution is 2.31. The lowest BCUT2D eigenvalue weighted by atomic mass is 9.94. The number of esters is 1. The van der Waals surface area contributed by atoms with Crippen LogP contribution in [0.1, 0.15) is 21.5 Å². The van der Waals surface area contributed by atoms with Gasteiger partial charge in [0.2, 0.25) is 0 Å². The van der Waals surface area contributed by atoms with Gasteiger partial charge in [0.1, 0.15) is 18.3 Å². The number of benzene rings is 1. The molecule has 140 valence electrons. The van der Waals surface area contributed by atoms with E-state index in [0.717, 1.165) is 30.8 Å². The van der Waals surface area contributed by atoms with Crippen LogP contribution in [0.15, 0.2) is 18.2 Å². The lowest BCUT2D eigenvalue weighted by Crippen LogP contribution is -2.34. The Balaban J connectivity index is 1.35. The Labute approximate surface area is 151 Å². The molecular weight excluding hydrogens is 340 g/mol. The predicted octanol–water partition coefficient (Wildman–Crippen LogP) is 0.253. The first-order valence-electron chi connectivity index (χ1n) is 9.15. The molecule has 7 nitrogen and oxygen atoms in total. The van der Waals surface area contributed by atoms with Gasteiger partial charge >= 0.3 is 5.97 Å². The zero-order valence-corrected chi connectivity index (χ0v) is 14.3. The van der Waals surface area contributed by atoms with E-state index in [1.807, 2.05) is 12.1 Å². The van der Waals surface area contributed by atoms with Gasteiger partial charge in [0, 0.05) is 12.8 Å². The lowest BCUT2D eigenvalue weighted by Gasteiger charge is -2.19. The number of ether oxygens (including phenoxy) is 5. The van der Waals surface area contributed by atoms with Crippen LogP contribution in [0.2, 0.25) is 0 Å². The number of epoxide rings is 2. The maximum Gasteiger partial charge on any atom is 0.338 e. The third-order valence-corrected chi connectivity index (χ3v) is 5.42. The molecule has 4 aliphatic heterocycles. The van der Waals surface area contributed by atoms with Crippen LogP contribution in [0, 0.1) is 0 Å². The Morgan fingerprint density at radius 1 is 1.00 bits per heavy atom. The zero-order chi connectivity index (χ0) is 17.7. The highest BCUT2D eigenvalue weighted by molar-refractivity contribution is 5.91. The molecule has 26 heavy (non-hydrogen) atoms. The van der Waals surface area contributed by atoms with Crippen LogP contribution < -0.4 is 0 Å². The lowest BCUT2D eigenvalue weighted by molar-refractivity contribution is -0.0209. The summed E-state index contributed by atoms with van der Waals surface area (Å²) in [6.07, 6.45) is -0.0327. The predicted molar refractivity (Wildman–Crippen MR) is 88.0 cm³/mol. The van der Waals surface area contributed by atoms with Crippen molar-refractivity contribution >= 4 is 5.97 Å². The second-order valence-corrected chi connectivity index (χ2v) is 7.37. The van der Waals surface area contributed by atoms with Crippen molar-refractivity contribution in [3.05, 3.63) is 34.9 Å². The Morgan fingerprint density at radius 2 is 1.73 bits per heavy atom. The zero-order valence-electron chi connectivity index (χ0n) is 14.3. The average molecular weight is 362 g/mol. The Morgan fingerprint density at radius 3 is 2.50 bits per heavy atom. The molecule has 0 bridgehead atoms. The molecule has 4 heterocycles. The molecule has 0 aliphatic carbocycles. The number of carbonyl (C=O) groups is 1. The summed E-state index contributed by atoms with van der Waals surface area (Å²) in [6, 6.07) is 5.73. The first-order valence-corrected chi connectivity index (χ1v) is 9.15. The number of fused-ring (bicyclic) bond motifs is 1. The highest BCUT2D eigenvalue weighted by atomic mass is 16.6. The van der Waals surface area contributed by atoms with Crippen LogP contribution in [0.25, 0.3) is 0 Å². The van der Waals surface area contributed by atoms with E-state index in [4.69, 9.17) is 23.7 Å². The molecule has 6 atom stereocenters. The fraction of sp³-hybridized carbons (Fsp3) is 0.632. The molecule has 0 amide bonds. The molecular formula is C19H22O7. The van der Waals surface area contributed by atoms with Crippen molar-refractivity contribution in [1.82, 2.24) is 0 Å². The minimum absolute atomic E-state index is 0.176. The van der Waals surface area contributed by atoms with Crippen molar-refractivity contribution in [2.24, 2.45) is 0 Å². The summed E-state index contributed by atoms with van der Waals surface area (Å²) >= 11 is 0.